The van der Waals surface area contributed by atoms with Gasteiger partial charge in [-0.1, -0.05) is 24.3 Å². The summed E-state index contributed by atoms with van der Waals surface area (Å²) in [6.45, 7) is 6.77. The number of rotatable bonds is 8. The van der Waals surface area contributed by atoms with Crippen LogP contribution in [0.2, 0.25) is 0 Å². The number of nitrogens with zero attached hydrogens (tertiary/aromatic N) is 2. The molecule has 1 aromatic carbocycles. The van der Waals surface area contributed by atoms with Gasteiger partial charge in [0.15, 0.2) is 0 Å². The summed E-state index contributed by atoms with van der Waals surface area (Å²) in [4.78, 5) is 27.7. The van der Waals surface area contributed by atoms with Gasteiger partial charge in [-0.05, 0) is 56.1 Å². The zero-order valence-corrected chi connectivity index (χ0v) is 16.7. The average Bonchev–Trinajstić information content (AvgIpc) is 3.51. The van der Waals surface area contributed by atoms with Gasteiger partial charge < -0.3 is 14.5 Å². The minimum Gasteiger partial charge on any atom is -0.372 e. The maximum Gasteiger partial charge on any atom is 0.249 e. The largest absolute Gasteiger partial charge is 0.372 e. The van der Waals surface area contributed by atoms with Crippen LogP contribution in [-0.4, -0.2) is 54.0 Å². The first kappa shape index (κ1) is 19.9. The second kappa shape index (κ2) is 9.36. The van der Waals surface area contributed by atoms with E-state index in [0.717, 1.165) is 45.2 Å². The fraction of sp³-hybridized carbons (Fsp3) is 0.636. The summed E-state index contributed by atoms with van der Waals surface area (Å²) in [5.74, 6) is 0.944. The summed E-state index contributed by atoms with van der Waals surface area (Å²) in [6, 6.07) is 9.10. The number of carbonyl (C=O) groups excluding carboxylic acids is 2. The summed E-state index contributed by atoms with van der Waals surface area (Å²) < 4.78 is 5.30. The second-order valence-corrected chi connectivity index (χ2v) is 7.86. The zero-order valence-electron chi connectivity index (χ0n) is 16.7. The molecule has 0 N–H and O–H groups in total. The third kappa shape index (κ3) is 5.80. The number of benzene rings is 1. The molecule has 1 aromatic rings. The van der Waals surface area contributed by atoms with Crippen molar-refractivity contribution in [1.29, 1.82) is 0 Å². The summed E-state index contributed by atoms with van der Waals surface area (Å²) in [6.07, 6.45) is 5.46. The SMILES string of the molecule is CCOCC(=O)N(Cc1ccc(CC2CCN(C(C)=O)CC2)cc1)C1CC1. The highest BCUT2D eigenvalue weighted by Crippen LogP contribution is 2.29. The molecule has 2 fully saturated rings. The number of piperidine rings is 1. The molecule has 0 aromatic heterocycles. The molecule has 0 radical (unpaired) electrons. The number of carbonyl (C=O) groups is 2. The monoisotopic (exact) mass is 372 g/mol. The molecule has 0 atom stereocenters. The maximum atomic E-state index is 12.4. The van der Waals surface area contributed by atoms with Gasteiger partial charge in [-0.25, -0.2) is 0 Å². The predicted octanol–water partition coefficient (Wildman–Crippen LogP) is 3.02. The van der Waals surface area contributed by atoms with Gasteiger partial charge in [0.1, 0.15) is 6.61 Å². The number of hydrogen-bond acceptors (Lipinski definition) is 3. The first-order valence-corrected chi connectivity index (χ1v) is 10.3. The molecule has 1 heterocycles. The van der Waals surface area contributed by atoms with Crippen molar-refractivity contribution in [3.8, 4) is 0 Å². The molecule has 1 saturated heterocycles. The van der Waals surface area contributed by atoms with Crippen LogP contribution in [0.1, 0.15) is 50.7 Å². The minimum atomic E-state index is 0.0978. The molecule has 5 nitrogen and oxygen atoms in total. The van der Waals surface area contributed by atoms with Crippen molar-refractivity contribution in [2.45, 2.75) is 58.5 Å². The van der Waals surface area contributed by atoms with Crippen LogP contribution in [0.5, 0.6) is 0 Å². The van der Waals surface area contributed by atoms with E-state index in [1.807, 2.05) is 16.7 Å². The number of ether oxygens (including phenoxy) is 1. The van der Waals surface area contributed by atoms with Gasteiger partial charge in [0.2, 0.25) is 11.8 Å². The Kier molecular flexibility index (Phi) is 6.89. The van der Waals surface area contributed by atoms with Crippen molar-refractivity contribution in [3.05, 3.63) is 35.4 Å². The molecular weight excluding hydrogens is 340 g/mol. The first-order valence-electron chi connectivity index (χ1n) is 10.3. The molecule has 0 unspecified atom stereocenters. The van der Waals surface area contributed by atoms with E-state index in [4.69, 9.17) is 4.74 Å². The van der Waals surface area contributed by atoms with Crippen LogP contribution in [-0.2, 0) is 27.3 Å². The van der Waals surface area contributed by atoms with E-state index in [1.165, 1.54) is 11.1 Å². The van der Waals surface area contributed by atoms with Crippen molar-refractivity contribution < 1.29 is 14.3 Å². The molecule has 0 spiro atoms. The van der Waals surface area contributed by atoms with Gasteiger partial charge >= 0.3 is 0 Å². The Hall–Kier alpha value is -1.88. The fourth-order valence-electron chi connectivity index (χ4n) is 3.84. The fourth-order valence-corrected chi connectivity index (χ4v) is 3.84. The summed E-state index contributed by atoms with van der Waals surface area (Å²) in [5.41, 5.74) is 2.53. The number of amides is 2. The quantitative estimate of drug-likeness (QED) is 0.705. The number of hydrogen-bond donors (Lipinski definition) is 0. The molecule has 1 saturated carbocycles. The third-order valence-electron chi connectivity index (χ3n) is 5.70. The Bertz CT molecular complexity index is 631. The van der Waals surface area contributed by atoms with Crippen LogP contribution in [0.4, 0.5) is 0 Å². The number of likely N-dealkylation sites (tertiary alicyclic amines) is 1. The molecule has 1 aliphatic heterocycles. The lowest BCUT2D eigenvalue weighted by molar-refractivity contribution is -0.137. The standard InChI is InChI=1S/C22H32N2O3/c1-3-27-16-22(26)24(21-8-9-21)15-20-6-4-18(5-7-20)14-19-10-12-23(13-11-19)17(2)25/h4-7,19,21H,3,8-16H2,1-2H3. The lowest BCUT2D eigenvalue weighted by atomic mass is 9.90. The van der Waals surface area contributed by atoms with Crippen LogP contribution >= 0.6 is 0 Å². The van der Waals surface area contributed by atoms with Crippen LogP contribution in [0.3, 0.4) is 0 Å². The van der Waals surface area contributed by atoms with Gasteiger partial charge in [-0.3, -0.25) is 9.59 Å². The highest BCUT2D eigenvalue weighted by Gasteiger charge is 2.32. The van der Waals surface area contributed by atoms with Crippen molar-refractivity contribution in [1.82, 2.24) is 9.80 Å². The van der Waals surface area contributed by atoms with Gasteiger partial charge in [0.25, 0.3) is 0 Å². The van der Waals surface area contributed by atoms with Gasteiger partial charge in [-0.15, -0.1) is 0 Å². The van der Waals surface area contributed by atoms with Crippen molar-refractivity contribution in [2.24, 2.45) is 5.92 Å². The van der Waals surface area contributed by atoms with Crippen molar-refractivity contribution in [3.63, 3.8) is 0 Å². The first-order chi connectivity index (χ1) is 13.1. The van der Waals surface area contributed by atoms with E-state index in [1.54, 1.807) is 6.92 Å². The van der Waals surface area contributed by atoms with Crippen LogP contribution in [0.25, 0.3) is 0 Å². The lowest BCUT2D eigenvalue weighted by Gasteiger charge is -2.31. The molecule has 148 valence electrons. The van der Waals surface area contributed by atoms with Crippen LogP contribution < -0.4 is 0 Å². The molecule has 1 aliphatic carbocycles. The van der Waals surface area contributed by atoms with Crippen molar-refractivity contribution in [2.75, 3.05) is 26.3 Å². The van der Waals surface area contributed by atoms with Crippen LogP contribution in [0, 0.1) is 5.92 Å². The van der Waals surface area contributed by atoms with E-state index >= 15 is 0 Å². The minimum absolute atomic E-state index is 0.0978. The van der Waals surface area contributed by atoms with E-state index in [9.17, 15) is 9.59 Å². The zero-order chi connectivity index (χ0) is 19.2. The Balaban J connectivity index is 1.51. The third-order valence-corrected chi connectivity index (χ3v) is 5.70. The summed E-state index contributed by atoms with van der Waals surface area (Å²) in [5, 5.41) is 0. The Labute approximate surface area is 162 Å². The normalized spacial score (nSPS) is 17.8. The Morgan fingerprint density at radius 2 is 1.70 bits per heavy atom. The van der Waals surface area contributed by atoms with Gasteiger partial charge in [-0.2, -0.15) is 0 Å². The summed E-state index contributed by atoms with van der Waals surface area (Å²) in [7, 11) is 0. The van der Waals surface area contributed by atoms with Gasteiger partial charge in [0.05, 0.1) is 0 Å². The van der Waals surface area contributed by atoms with E-state index in [2.05, 4.69) is 24.3 Å². The Morgan fingerprint density at radius 3 is 2.26 bits per heavy atom. The highest BCUT2D eigenvalue weighted by atomic mass is 16.5. The van der Waals surface area contributed by atoms with E-state index in [0.29, 0.717) is 25.1 Å². The van der Waals surface area contributed by atoms with Gasteiger partial charge in [0, 0.05) is 39.2 Å². The molecule has 2 amide bonds. The predicted molar refractivity (Wildman–Crippen MR) is 105 cm³/mol. The van der Waals surface area contributed by atoms with Crippen LogP contribution in [0.15, 0.2) is 24.3 Å². The molecule has 5 heteroatoms. The molecular formula is C22H32N2O3. The molecule has 2 aliphatic rings. The second-order valence-electron chi connectivity index (χ2n) is 7.86. The van der Waals surface area contributed by atoms with E-state index < -0.39 is 0 Å². The highest BCUT2D eigenvalue weighted by molar-refractivity contribution is 5.78. The average molecular weight is 373 g/mol. The lowest BCUT2D eigenvalue weighted by Crippen LogP contribution is -2.37. The summed E-state index contributed by atoms with van der Waals surface area (Å²) >= 11 is 0. The topological polar surface area (TPSA) is 49.9 Å². The molecule has 3 rings (SSSR count). The molecule has 0 bridgehead atoms. The Morgan fingerprint density at radius 1 is 1.07 bits per heavy atom. The maximum absolute atomic E-state index is 12.4. The van der Waals surface area contributed by atoms with E-state index in [-0.39, 0.29) is 18.4 Å². The van der Waals surface area contributed by atoms with Crippen molar-refractivity contribution >= 4 is 11.8 Å². The smallest absolute Gasteiger partial charge is 0.249 e. The molecule has 27 heavy (non-hydrogen) atoms.